The first-order valence-electron chi connectivity index (χ1n) is 12.9. The predicted molar refractivity (Wildman–Crippen MR) is 154 cm³/mol. The second-order valence-corrected chi connectivity index (χ2v) is 19.0. The van der Waals surface area contributed by atoms with Gasteiger partial charge in [-0.05, 0) is 43.9 Å². The first-order valence-corrected chi connectivity index (χ1v) is 18.9. The summed E-state index contributed by atoms with van der Waals surface area (Å²) in [6.45, 7) is 7.80. The van der Waals surface area contributed by atoms with Crippen molar-refractivity contribution < 1.29 is 17.9 Å². The predicted octanol–water partition coefficient (Wildman–Crippen LogP) is 4.66. The maximum absolute atomic E-state index is 13.7. The number of amides is 2. The van der Waals surface area contributed by atoms with E-state index in [1.54, 1.807) is 22.1 Å². The Hall–Kier alpha value is -2.25. The van der Waals surface area contributed by atoms with Gasteiger partial charge in [-0.15, -0.1) is 0 Å². The lowest BCUT2D eigenvalue weighted by Crippen LogP contribution is -2.49. The summed E-state index contributed by atoms with van der Waals surface area (Å²) in [4.78, 5) is 26.1. The number of carbonyl (C=O) groups excluding carboxylic acids is 1. The summed E-state index contributed by atoms with van der Waals surface area (Å²) < 4.78 is 31.8. The van der Waals surface area contributed by atoms with Gasteiger partial charge in [0.15, 0.2) is 0 Å². The van der Waals surface area contributed by atoms with Crippen molar-refractivity contribution >= 4 is 53.2 Å². The summed E-state index contributed by atoms with van der Waals surface area (Å²) in [5.41, 5.74) is 1.42. The largest absolute Gasteiger partial charge is 0.361 e. The fourth-order valence-corrected chi connectivity index (χ4v) is 6.47. The van der Waals surface area contributed by atoms with Gasteiger partial charge < -0.3 is 10.1 Å². The molecule has 2 aromatic rings. The molecule has 38 heavy (non-hydrogen) atoms. The molecule has 0 spiro atoms. The summed E-state index contributed by atoms with van der Waals surface area (Å²) in [7, 11) is -4.51. The number of aromatic nitrogens is 2. The highest BCUT2D eigenvalue weighted by molar-refractivity contribution is 7.88. The van der Waals surface area contributed by atoms with Gasteiger partial charge in [0, 0.05) is 38.5 Å². The average molecular weight is 581 g/mol. The highest BCUT2D eigenvalue weighted by atomic mass is 35.5. The number of para-hydroxylation sites is 1. The molecule has 0 atom stereocenters. The van der Waals surface area contributed by atoms with Gasteiger partial charge >= 0.3 is 6.03 Å². The third-order valence-electron chi connectivity index (χ3n) is 6.69. The Morgan fingerprint density at radius 1 is 1.13 bits per heavy atom. The summed E-state index contributed by atoms with van der Waals surface area (Å²) >= 11 is 6.44. The molecule has 208 valence electrons. The molecule has 2 N–H and O–H groups in total. The molecule has 4 rings (SSSR count). The highest BCUT2D eigenvalue weighted by Gasteiger charge is 2.34. The Kier molecular flexibility index (Phi) is 8.98. The number of anilines is 3. The molecule has 0 radical (unpaired) electrons. The van der Waals surface area contributed by atoms with E-state index in [9.17, 15) is 13.2 Å². The van der Waals surface area contributed by atoms with Crippen LogP contribution < -0.4 is 19.8 Å². The van der Waals surface area contributed by atoms with E-state index < -0.39 is 18.1 Å². The molecule has 1 aliphatic heterocycles. The molecule has 10 nitrogen and oxygen atoms in total. The Balaban J connectivity index is 1.51. The number of carbonyl (C=O) groups is 1. The number of rotatable bonds is 10. The number of ether oxygens (including phenoxy) is 1. The molecule has 1 saturated carbocycles. The minimum atomic E-state index is -3.22. The first kappa shape index (κ1) is 28.7. The summed E-state index contributed by atoms with van der Waals surface area (Å²) in [5.74, 6) is 0.964. The summed E-state index contributed by atoms with van der Waals surface area (Å²) in [6.07, 6.45) is 5.97. The van der Waals surface area contributed by atoms with Crippen LogP contribution in [0.25, 0.3) is 0 Å². The van der Waals surface area contributed by atoms with E-state index in [0.717, 1.165) is 37.3 Å². The number of halogens is 1. The second-order valence-electron chi connectivity index (χ2n) is 11.2. The van der Waals surface area contributed by atoms with Gasteiger partial charge in [0.25, 0.3) is 0 Å². The first-order chi connectivity index (χ1) is 17.9. The number of hydrogen-bond donors (Lipinski definition) is 2. The van der Waals surface area contributed by atoms with E-state index in [2.05, 4.69) is 34.7 Å². The number of fused-ring (bicyclic) bond motifs is 1. The van der Waals surface area contributed by atoms with Gasteiger partial charge in [0.2, 0.25) is 16.0 Å². The van der Waals surface area contributed by atoms with Gasteiger partial charge in [0.1, 0.15) is 12.5 Å². The van der Waals surface area contributed by atoms with Gasteiger partial charge in [-0.2, -0.15) is 4.98 Å². The van der Waals surface area contributed by atoms with E-state index in [1.165, 1.54) is 6.26 Å². The standard InChI is InChI=1S/C25H37ClN6O4SSi/c1-37(34,35)30-20-11-9-19(10-12-20)28-24-27-15-18-16-31(22-8-6-5-7-21(22)26)25(33)32(23(18)29-24)17-36-13-14-38(2,3)4/h5-8,15,19-20,30H,9-14,16-17H2,1-4H3,(H,27,28,29). The van der Waals surface area contributed by atoms with Crippen molar-refractivity contribution in [3.05, 3.63) is 41.0 Å². The van der Waals surface area contributed by atoms with Crippen molar-refractivity contribution in [2.75, 3.05) is 34.7 Å². The molecular formula is C25H37ClN6O4SSi. The van der Waals surface area contributed by atoms with Crippen LogP contribution in [0.3, 0.4) is 0 Å². The fraction of sp³-hybridized carbons (Fsp3) is 0.560. The third kappa shape index (κ3) is 7.66. The van der Waals surface area contributed by atoms with Crippen LogP contribution in [0.2, 0.25) is 30.7 Å². The number of benzene rings is 1. The van der Waals surface area contributed by atoms with Crippen molar-refractivity contribution in [1.82, 2.24) is 14.7 Å². The van der Waals surface area contributed by atoms with Crippen LogP contribution in [0.15, 0.2) is 30.5 Å². The maximum atomic E-state index is 13.7. The molecule has 1 aromatic heterocycles. The van der Waals surface area contributed by atoms with E-state index >= 15 is 0 Å². The van der Waals surface area contributed by atoms with Gasteiger partial charge in [-0.25, -0.2) is 22.9 Å². The average Bonchev–Trinajstić information content (AvgIpc) is 2.83. The molecule has 1 fully saturated rings. The Labute approximate surface area is 231 Å². The minimum absolute atomic E-state index is 0.0512. The lowest BCUT2D eigenvalue weighted by Gasteiger charge is -2.36. The molecular weight excluding hydrogens is 544 g/mol. The van der Waals surface area contributed by atoms with Crippen LogP contribution in [-0.2, 0) is 21.3 Å². The van der Waals surface area contributed by atoms with Crippen molar-refractivity contribution in [2.24, 2.45) is 0 Å². The van der Waals surface area contributed by atoms with E-state index in [4.69, 9.17) is 21.3 Å². The lowest BCUT2D eigenvalue weighted by atomic mass is 9.92. The summed E-state index contributed by atoms with van der Waals surface area (Å²) in [5, 5.41) is 3.87. The molecule has 1 aliphatic carbocycles. The molecule has 0 bridgehead atoms. The van der Waals surface area contributed by atoms with E-state index in [1.807, 2.05) is 18.2 Å². The molecule has 13 heteroatoms. The highest BCUT2D eigenvalue weighted by Crippen LogP contribution is 2.34. The Bertz CT molecular complexity index is 1250. The van der Waals surface area contributed by atoms with Gasteiger partial charge in [-0.1, -0.05) is 43.4 Å². The Morgan fingerprint density at radius 2 is 1.82 bits per heavy atom. The van der Waals surface area contributed by atoms with E-state index in [-0.39, 0.29) is 24.8 Å². The molecule has 1 aromatic carbocycles. The number of urea groups is 1. The quantitative estimate of drug-likeness (QED) is 0.310. The van der Waals surface area contributed by atoms with Crippen LogP contribution in [0, 0.1) is 0 Å². The number of nitrogens with zero attached hydrogens (tertiary/aromatic N) is 4. The molecule has 2 aliphatic rings. The fourth-order valence-electron chi connectivity index (χ4n) is 4.64. The van der Waals surface area contributed by atoms with E-state index in [0.29, 0.717) is 35.6 Å². The topological polar surface area (TPSA) is 117 Å². The zero-order valence-electron chi connectivity index (χ0n) is 22.4. The normalized spacial score (nSPS) is 20.4. The van der Waals surface area contributed by atoms with Crippen LogP contribution in [0.4, 0.5) is 22.2 Å². The monoisotopic (exact) mass is 580 g/mol. The van der Waals surface area contributed by atoms with Crippen molar-refractivity contribution in [3.8, 4) is 0 Å². The van der Waals surface area contributed by atoms with Crippen molar-refractivity contribution in [1.29, 1.82) is 0 Å². The van der Waals surface area contributed by atoms with Crippen LogP contribution in [-0.4, -0.2) is 64.2 Å². The number of nitrogens with one attached hydrogen (secondary N) is 2. The number of sulfonamides is 1. The van der Waals surface area contributed by atoms with Gasteiger partial charge in [0.05, 0.1) is 23.5 Å². The van der Waals surface area contributed by atoms with Crippen molar-refractivity contribution in [2.45, 2.75) is 70.0 Å². The van der Waals surface area contributed by atoms with Crippen LogP contribution in [0.5, 0.6) is 0 Å². The number of hydrogen-bond acceptors (Lipinski definition) is 7. The smallest absolute Gasteiger partial charge is 0.332 e. The molecule has 0 unspecified atom stereocenters. The summed E-state index contributed by atoms with van der Waals surface area (Å²) in [6, 6.07) is 8.06. The van der Waals surface area contributed by atoms with Gasteiger partial charge in [-0.3, -0.25) is 9.80 Å². The molecule has 2 amide bonds. The molecule has 0 saturated heterocycles. The third-order valence-corrected chi connectivity index (χ3v) is 9.47. The Morgan fingerprint density at radius 3 is 2.47 bits per heavy atom. The zero-order chi connectivity index (χ0) is 27.5. The maximum Gasteiger partial charge on any atom is 0.332 e. The SMILES string of the molecule is C[Si](C)(C)CCOCN1C(=O)N(c2ccccc2Cl)Cc2cnc(NC3CCC(NS(C)(=O)=O)CC3)nc21. The van der Waals surface area contributed by atoms with Crippen LogP contribution in [0.1, 0.15) is 31.2 Å². The van der Waals surface area contributed by atoms with Crippen LogP contribution >= 0.6 is 11.6 Å². The lowest BCUT2D eigenvalue weighted by molar-refractivity contribution is 0.147. The molecule has 2 heterocycles. The minimum Gasteiger partial charge on any atom is -0.361 e. The zero-order valence-corrected chi connectivity index (χ0v) is 25.0. The second kappa shape index (κ2) is 11.9. The van der Waals surface area contributed by atoms with Crippen molar-refractivity contribution in [3.63, 3.8) is 0 Å².